The van der Waals surface area contributed by atoms with Gasteiger partial charge in [-0.1, -0.05) is 41.0 Å². The van der Waals surface area contributed by atoms with E-state index in [4.69, 9.17) is 33.2 Å². The van der Waals surface area contributed by atoms with Gasteiger partial charge in [0.2, 0.25) is 5.91 Å². The average Bonchev–Trinajstić information content (AvgIpc) is 3.32. The van der Waals surface area contributed by atoms with Gasteiger partial charge in [0.1, 0.15) is 23.4 Å². The molecule has 0 aliphatic carbocycles. The van der Waals surface area contributed by atoms with E-state index < -0.39 is 0 Å². The van der Waals surface area contributed by atoms with Gasteiger partial charge in [0.25, 0.3) is 0 Å². The molecule has 2 heterocycles. The average molecular weight is 480 g/mol. The van der Waals surface area contributed by atoms with Crippen molar-refractivity contribution in [2.24, 2.45) is 0 Å². The summed E-state index contributed by atoms with van der Waals surface area (Å²) in [4.78, 5) is 12.2. The number of carbonyl (C=O) groups is 1. The third kappa shape index (κ3) is 5.55. The van der Waals surface area contributed by atoms with Crippen molar-refractivity contribution in [2.45, 2.75) is 18.3 Å². The summed E-state index contributed by atoms with van der Waals surface area (Å²) in [6.07, 6.45) is 1.71. The molecule has 0 saturated carbocycles. The summed E-state index contributed by atoms with van der Waals surface area (Å²) in [7, 11) is 0. The van der Waals surface area contributed by atoms with Gasteiger partial charge in [-0.05, 0) is 29.6 Å². The zero-order valence-electron chi connectivity index (χ0n) is 15.5. The minimum absolute atomic E-state index is 0.113. The zero-order valence-corrected chi connectivity index (χ0v) is 18.6. The number of nitriles is 1. The second kappa shape index (κ2) is 10.5. The Kier molecular flexibility index (Phi) is 7.76. The first-order chi connectivity index (χ1) is 14.5. The molecule has 0 spiro atoms. The highest BCUT2D eigenvalue weighted by Gasteiger charge is 2.16. The summed E-state index contributed by atoms with van der Waals surface area (Å²) in [6, 6.07) is 8.66. The molecule has 0 aliphatic heterocycles. The minimum atomic E-state index is -0.238. The molecule has 2 aromatic heterocycles. The summed E-state index contributed by atoms with van der Waals surface area (Å²) in [5, 5.41) is 23.8. The number of rotatable bonds is 9. The molecule has 0 atom stereocenters. The van der Waals surface area contributed by atoms with Crippen LogP contribution in [0.3, 0.4) is 0 Å². The van der Waals surface area contributed by atoms with E-state index in [9.17, 15) is 4.79 Å². The monoisotopic (exact) mass is 479 g/mol. The molecule has 0 aliphatic rings. The highest BCUT2D eigenvalue weighted by molar-refractivity contribution is 7.99. The molecule has 154 valence electrons. The third-order valence-corrected chi connectivity index (χ3v) is 6.05. The molecule has 0 unspecified atom stereocenters. The molecule has 3 rings (SSSR count). The topological polar surface area (TPSA) is 92.8 Å². The van der Waals surface area contributed by atoms with Gasteiger partial charge < -0.3 is 10.1 Å². The van der Waals surface area contributed by atoms with Gasteiger partial charge in [-0.25, -0.2) is 0 Å². The van der Waals surface area contributed by atoms with Crippen LogP contribution in [-0.4, -0.2) is 26.4 Å². The van der Waals surface area contributed by atoms with Gasteiger partial charge in [-0.2, -0.15) is 5.26 Å². The Morgan fingerprint density at radius 1 is 1.40 bits per heavy atom. The number of benzene rings is 1. The van der Waals surface area contributed by atoms with Crippen molar-refractivity contribution in [1.29, 1.82) is 5.26 Å². The highest BCUT2D eigenvalue weighted by Crippen LogP contribution is 2.28. The van der Waals surface area contributed by atoms with Crippen molar-refractivity contribution in [3.63, 3.8) is 0 Å². The van der Waals surface area contributed by atoms with Crippen LogP contribution >= 0.6 is 46.3 Å². The maximum absolute atomic E-state index is 12.2. The standard InChI is InChI=1S/C19H15Cl2N5O2S2/c1-2-6-26-16(10-28-15-4-3-13(20)8-14(15)21)24-25-19(26)30-11-17(27)23-18-12(9-22)5-7-29-18/h2-5,7-8H,1,6,10-11H2,(H,23,27). The molecule has 0 saturated heterocycles. The first-order valence-corrected chi connectivity index (χ1v) is 11.1. The van der Waals surface area contributed by atoms with Crippen molar-refractivity contribution in [2.75, 3.05) is 11.1 Å². The van der Waals surface area contributed by atoms with Crippen LogP contribution in [0.2, 0.25) is 10.0 Å². The van der Waals surface area contributed by atoms with Crippen LogP contribution in [0.25, 0.3) is 0 Å². The number of thiophene rings is 1. The minimum Gasteiger partial charge on any atom is -0.484 e. The lowest BCUT2D eigenvalue weighted by molar-refractivity contribution is -0.113. The van der Waals surface area contributed by atoms with Crippen molar-refractivity contribution in [3.8, 4) is 11.8 Å². The number of allylic oxidation sites excluding steroid dienone is 1. The van der Waals surface area contributed by atoms with E-state index in [-0.39, 0.29) is 18.3 Å². The summed E-state index contributed by atoms with van der Waals surface area (Å²) >= 11 is 14.6. The first kappa shape index (κ1) is 22.2. The lowest BCUT2D eigenvalue weighted by Gasteiger charge is -2.10. The van der Waals surface area contributed by atoms with E-state index in [0.29, 0.717) is 43.9 Å². The van der Waals surface area contributed by atoms with Gasteiger partial charge in [-0.15, -0.1) is 28.1 Å². The normalized spacial score (nSPS) is 10.4. The Morgan fingerprint density at radius 2 is 2.23 bits per heavy atom. The summed E-state index contributed by atoms with van der Waals surface area (Å²) in [5.41, 5.74) is 0.438. The number of anilines is 1. The van der Waals surface area contributed by atoms with Gasteiger partial charge >= 0.3 is 0 Å². The van der Waals surface area contributed by atoms with Crippen LogP contribution in [0.1, 0.15) is 11.4 Å². The van der Waals surface area contributed by atoms with E-state index in [1.807, 2.05) is 6.07 Å². The number of amides is 1. The predicted molar refractivity (Wildman–Crippen MR) is 119 cm³/mol. The Hall–Kier alpha value is -2.51. The molecule has 30 heavy (non-hydrogen) atoms. The molecular formula is C19H15Cl2N5O2S2. The van der Waals surface area contributed by atoms with Crippen molar-refractivity contribution >= 4 is 57.2 Å². The number of ether oxygens (including phenoxy) is 1. The van der Waals surface area contributed by atoms with Crippen LogP contribution in [0, 0.1) is 11.3 Å². The van der Waals surface area contributed by atoms with Crippen molar-refractivity contribution in [1.82, 2.24) is 14.8 Å². The largest absolute Gasteiger partial charge is 0.484 e. The molecule has 0 bridgehead atoms. The molecule has 3 aromatic rings. The van der Waals surface area contributed by atoms with Crippen LogP contribution in [0.4, 0.5) is 5.00 Å². The second-order valence-corrected chi connectivity index (χ2v) is 8.48. The van der Waals surface area contributed by atoms with E-state index in [2.05, 4.69) is 22.1 Å². The fourth-order valence-electron chi connectivity index (χ4n) is 2.37. The molecule has 7 nitrogen and oxygen atoms in total. The van der Waals surface area contributed by atoms with Gasteiger partial charge in [-0.3, -0.25) is 9.36 Å². The lowest BCUT2D eigenvalue weighted by atomic mass is 10.3. The fraction of sp³-hybridized carbons (Fsp3) is 0.158. The SMILES string of the molecule is C=CCn1c(COc2ccc(Cl)cc2Cl)nnc1SCC(=O)Nc1sccc1C#N. The summed E-state index contributed by atoms with van der Waals surface area (Å²) in [6.45, 7) is 4.34. The number of thioether (sulfide) groups is 1. The van der Waals surface area contributed by atoms with E-state index in [0.717, 1.165) is 0 Å². The Balaban J connectivity index is 1.64. The Morgan fingerprint density at radius 3 is 2.97 bits per heavy atom. The van der Waals surface area contributed by atoms with Crippen molar-refractivity contribution in [3.05, 3.63) is 63.7 Å². The van der Waals surface area contributed by atoms with Crippen molar-refractivity contribution < 1.29 is 9.53 Å². The summed E-state index contributed by atoms with van der Waals surface area (Å²) in [5.74, 6) is 0.917. The number of nitrogens with zero attached hydrogens (tertiary/aromatic N) is 4. The summed E-state index contributed by atoms with van der Waals surface area (Å²) < 4.78 is 7.54. The van der Waals surface area contributed by atoms with E-state index in [1.54, 1.807) is 40.3 Å². The smallest absolute Gasteiger partial charge is 0.235 e. The third-order valence-electron chi connectivity index (χ3n) is 3.73. The molecule has 1 amide bonds. The molecule has 1 N–H and O–H groups in total. The number of aromatic nitrogens is 3. The van der Waals surface area contributed by atoms with Crippen LogP contribution in [0.5, 0.6) is 5.75 Å². The predicted octanol–water partition coefficient (Wildman–Crippen LogP) is 5.01. The highest BCUT2D eigenvalue weighted by atomic mass is 35.5. The Labute approximate surface area is 191 Å². The van der Waals surface area contributed by atoms with Gasteiger partial charge in [0.15, 0.2) is 11.0 Å². The first-order valence-electron chi connectivity index (χ1n) is 8.53. The van der Waals surface area contributed by atoms with Gasteiger partial charge in [0, 0.05) is 11.6 Å². The second-order valence-electron chi connectivity index (χ2n) is 5.77. The number of halogens is 2. The number of carbonyl (C=O) groups excluding carboxylic acids is 1. The lowest BCUT2D eigenvalue weighted by Crippen LogP contribution is -2.14. The van der Waals surface area contributed by atoms with Crippen LogP contribution in [-0.2, 0) is 17.9 Å². The molecular weight excluding hydrogens is 465 g/mol. The quantitative estimate of drug-likeness (QED) is 0.342. The number of hydrogen-bond donors (Lipinski definition) is 1. The molecule has 0 fully saturated rings. The zero-order chi connectivity index (χ0) is 21.5. The maximum Gasteiger partial charge on any atom is 0.235 e. The van der Waals surface area contributed by atoms with E-state index in [1.165, 1.54) is 23.1 Å². The van der Waals surface area contributed by atoms with Gasteiger partial charge in [0.05, 0.1) is 16.3 Å². The molecule has 11 heteroatoms. The van der Waals surface area contributed by atoms with E-state index >= 15 is 0 Å². The van der Waals surface area contributed by atoms with Crippen LogP contribution in [0.15, 0.2) is 47.5 Å². The number of hydrogen-bond acceptors (Lipinski definition) is 7. The Bertz CT molecular complexity index is 1110. The molecule has 0 radical (unpaired) electrons. The number of nitrogens with one attached hydrogen (secondary N) is 1. The maximum atomic E-state index is 12.2. The van der Waals surface area contributed by atoms with Crippen LogP contribution < -0.4 is 10.1 Å². The fourth-order valence-corrected chi connectivity index (χ4v) is 4.35. The molecule has 1 aromatic carbocycles.